The SMILES string of the molecule is CCC1=PC2=CC=CC2=C1.[Cl-].[Cl-].[Zr+3].c1ccc(-c2ccc(-c3cc4ccccc4[cH-]3)s2)cc1. The zero-order valence-corrected chi connectivity index (χ0v) is 23.8. The summed E-state index contributed by atoms with van der Waals surface area (Å²) >= 11 is 1.85. The van der Waals surface area contributed by atoms with E-state index in [0.717, 1.165) is 0 Å². The van der Waals surface area contributed by atoms with E-state index in [1.807, 2.05) is 11.3 Å². The predicted molar refractivity (Wildman–Crippen MR) is 136 cm³/mol. The van der Waals surface area contributed by atoms with Gasteiger partial charge in [-0.3, -0.25) is 0 Å². The molecule has 0 spiro atoms. The molecule has 33 heavy (non-hydrogen) atoms. The summed E-state index contributed by atoms with van der Waals surface area (Å²) in [6.45, 7) is 2.21. The van der Waals surface area contributed by atoms with Gasteiger partial charge in [0.05, 0.1) is 0 Å². The van der Waals surface area contributed by atoms with E-state index in [1.165, 1.54) is 57.2 Å². The quantitative estimate of drug-likeness (QED) is 0.257. The minimum absolute atomic E-state index is 0. The van der Waals surface area contributed by atoms with Crippen molar-refractivity contribution in [3.63, 3.8) is 0 Å². The van der Waals surface area contributed by atoms with Crippen molar-refractivity contribution in [3.8, 4) is 20.9 Å². The van der Waals surface area contributed by atoms with Crippen molar-refractivity contribution in [2.45, 2.75) is 13.3 Å². The van der Waals surface area contributed by atoms with Gasteiger partial charge in [0.15, 0.2) is 0 Å². The van der Waals surface area contributed by atoms with E-state index >= 15 is 0 Å². The maximum atomic E-state index is 2.30. The Morgan fingerprint density at radius 2 is 1.61 bits per heavy atom. The summed E-state index contributed by atoms with van der Waals surface area (Å²) in [4.78, 5) is 2.66. The van der Waals surface area contributed by atoms with Crippen molar-refractivity contribution >= 4 is 35.6 Å². The third-order valence-corrected chi connectivity index (χ3v) is 7.91. The summed E-state index contributed by atoms with van der Waals surface area (Å²) in [6, 6.07) is 28.1. The molecule has 5 heteroatoms. The normalized spacial score (nSPS) is 13.3. The summed E-state index contributed by atoms with van der Waals surface area (Å²) in [5.41, 5.74) is 4.04. The van der Waals surface area contributed by atoms with Crippen molar-refractivity contribution in [2.75, 3.05) is 0 Å². The maximum Gasteiger partial charge on any atom is 3.00 e. The van der Waals surface area contributed by atoms with Gasteiger partial charge in [-0.25, -0.2) is 0 Å². The average molecular weight is 584 g/mol. The van der Waals surface area contributed by atoms with Crippen LogP contribution in [0.15, 0.2) is 114 Å². The first-order valence-corrected chi connectivity index (χ1v) is 12.0. The number of thiophene rings is 1. The maximum absolute atomic E-state index is 2.30. The Kier molecular flexibility index (Phi) is 10.9. The molecule has 0 unspecified atom stereocenters. The molecule has 2 heterocycles. The van der Waals surface area contributed by atoms with Crippen LogP contribution in [0.4, 0.5) is 0 Å². The fraction of sp³-hybridized carbons (Fsp3) is 0.0714. The minimum Gasteiger partial charge on any atom is -1.00 e. The number of benzene rings is 2. The third-order valence-electron chi connectivity index (χ3n) is 5.34. The number of hydrogen-bond acceptors (Lipinski definition) is 1. The Balaban J connectivity index is 0.000000255. The average Bonchev–Trinajstić information content (AvgIpc) is 3.57. The van der Waals surface area contributed by atoms with Crippen LogP contribution in [0.2, 0.25) is 0 Å². The second-order valence-corrected chi connectivity index (χ2v) is 9.73. The Morgan fingerprint density at radius 1 is 0.879 bits per heavy atom. The van der Waals surface area contributed by atoms with E-state index in [4.69, 9.17) is 0 Å². The Morgan fingerprint density at radius 3 is 2.33 bits per heavy atom. The molecule has 1 aromatic heterocycles. The van der Waals surface area contributed by atoms with E-state index in [-0.39, 0.29) is 51.0 Å². The van der Waals surface area contributed by atoms with Crippen LogP contribution < -0.4 is 24.8 Å². The van der Waals surface area contributed by atoms with Gasteiger partial charge in [-0.2, -0.15) is 11.3 Å². The van der Waals surface area contributed by atoms with Crippen LogP contribution in [0.25, 0.3) is 31.7 Å². The second kappa shape index (κ2) is 12.9. The molecule has 6 rings (SSSR count). The number of fused-ring (bicyclic) bond motifs is 2. The summed E-state index contributed by atoms with van der Waals surface area (Å²) in [6.07, 6.45) is 10.0. The number of halogens is 2. The second-order valence-electron chi connectivity index (χ2n) is 7.37. The molecular formula is C28H22Cl2PSZr. The number of allylic oxidation sites excluding steroid dienone is 6. The van der Waals surface area contributed by atoms with Gasteiger partial charge in [-0.1, -0.05) is 87.9 Å². The van der Waals surface area contributed by atoms with Gasteiger partial charge in [-0.05, 0) is 39.9 Å². The molecule has 163 valence electrons. The molecule has 1 aliphatic heterocycles. The molecule has 1 radical (unpaired) electrons. The van der Waals surface area contributed by atoms with Crippen molar-refractivity contribution in [1.29, 1.82) is 0 Å². The van der Waals surface area contributed by atoms with Crippen LogP contribution in [0.1, 0.15) is 13.3 Å². The molecule has 0 bridgehead atoms. The third kappa shape index (κ3) is 6.39. The number of rotatable bonds is 3. The van der Waals surface area contributed by atoms with Gasteiger partial charge in [0.2, 0.25) is 0 Å². The van der Waals surface area contributed by atoms with Crippen LogP contribution in [0.5, 0.6) is 0 Å². The zero-order valence-electron chi connectivity index (χ0n) is 18.1. The Bertz CT molecular complexity index is 1290. The van der Waals surface area contributed by atoms with Crippen LogP contribution in [-0.4, -0.2) is 5.29 Å². The summed E-state index contributed by atoms with van der Waals surface area (Å²) in [5.74, 6) is 0. The van der Waals surface area contributed by atoms with Crippen molar-refractivity contribution in [1.82, 2.24) is 0 Å². The first kappa shape index (κ1) is 27.8. The molecular weight excluding hydrogens is 561 g/mol. The molecule has 0 N–H and O–H groups in total. The standard InChI is InChI=1S/C19H13S.C9H9P.2ClH.Zr/c1-2-6-14(7-3-1)18-10-11-19(20-18)17-12-15-8-4-5-9-16(15)13-17;1-2-8-6-7-4-3-5-9(7)10-8;;;/h1-13H;3-6H,2H2,1H3;2*1H;/q-1;;;;+3/p-2. The zero-order chi connectivity index (χ0) is 20.3. The van der Waals surface area contributed by atoms with Crippen molar-refractivity contribution in [3.05, 3.63) is 114 Å². The molecule has 0 atom stereocenters. The molecule has 2 aliphatic rings. The minimum atomic E-state index is 0. The first-order valence-electron chi connectivity index (χ1n) is 10.3. The topological polar surface area (TPSA) is 0 Å². The number of hydrogen-bond donors (Lipinski definition) is 0. The first-order chi connectivity index (χ1) is 14.8. The fourth-order valence-corrected chi connectivity index (χ4v) is 5.84. The molecule has 4 aromatic rings. The molecule has 0 amide bonds. The van der Waals surface area contributed by atoms with E-state index < -0.39 is 0 Å². The Labute approximate surface area is 233 Å². The molecule has 0 nitrogen and oxygen atoms in total. The molecule has 0 saturated carbocycles. The molecule has 0 fully saturated rings. The summed E-state index contributed by atoms with van der Waals surface area (Å²) in [5, 5.41) is 5.66. The van der Waals surface area contributed by atoms with Gasteiger partial charge in [0, 0.05) is 10.2 Å². The van der Waals surface area contributed by atoms with Gasteiger partial charge in [0.1, 0.15) is 0 Å². The molecule has 0 saturated heterocycles. The van der Waals surface area contributed by atoms with Gasteiger partial charge < -0.3 is 24.8 Å². The monoisotopic (exact) mass is 581 g/mol. The Hall–Kier alpha value is -1.40. The van der Waals surface area contributed by atoms with E-state index in [9.17, 15) is 0 Å². The van der Waals surface area contributed by atoms with E-state index in [2.05, 4.69) is 110 Å². The van der Waals surface area contributed by atoms with Crippen LogP contribution >= 0.6 is 19.5 Å². The van der Waals surface area contributed by atoms with Gasteiger partial charge in [0.25, 0.3) is 0 Å². The molecule has 3 aromatic carbocycles. The van der Waals surface area contributed by atoms with E-state index in [0.29, 0.717) is 0 Å². The predicted octanol–water partition coefficient (Wildman–Crippen LogP) is 2.87. The smallest absolute Gasteiger partial charge is 1.00 e. The molecule has 1 aliphatic carbocycles. The van der Waals surface area contributed by atoms with Crippen molar-refractivity contribution in [2.24, 2.45) is 0 Å². The fourth-order valence-electron chi connectivity index (χ4n) is 3.74. The van der Waals surface area contributed by atoms with Crippen LogP contribution in [0, 0.1) is 0 Å². The summed E-state index contributed by atoms with van der Waals surface area (Å²) in [7, 11) is 1.43. The summed E-state index contributed by atoms with van der Waals surface area (Å²) < 4.78 is 0. The van der Waals surface area contributed by atoms with Crippen LogP contribution in [0.3, 0.4) is 0 Å². The van der Waals surface area contributed by atoms with Gasteiger partial charge in [-0.15, -0.1) is 34.5 Å². The van der Waals surface area contributed by atoms with Crippen LogP contribution in [-0.2, 0) is 26.2 Å². The van der Waals surface area contributed by atoms with E-state index in [1.54, 1.807) is 5.29 Å². The largest absolute Gasteiger partial charge is 3.00 e. The van der Waals surface area contributed by atoms with Gasteiger partial charge >= 0.3 is 26.2 Å². The van der Waals surface area contributed by atoms with Crippen molar-refractivity contribution < 1.29 is 51.0 Å².